The quantitative estimate of drug-likeness (QED) is 0.737. The number of alkyl halides is 3. The van der Waals surface area contributed by atoms with Crippen LogP contribution in [0.5, 0.6) is 0 Å². The Labute approximate surface area is 155 Å². The molecule has 1 aliphatic heterocycles. The lowest BCUT2D eigenvalue weighted by molar-refractivity contribution is -0.145. The maximum absolute atomic E-state index is 13.1. The van der Waals surface area contributed by atoms with Crippen LogP contribution in [0, 0.1) is 5.92 Å². The minimum Gasteiger partial charge on any atom is -0.328 e. The number of carbonyl (C=O) groups is 1. The summed E-state index contributed by atoms with van der Waals surface area (Å²) in [5.41, 5.74) is 1.77. The van der Waals surface area contributed by atoms with E-state index in [2.05, 4.69) is 31.3 Å². The van der Waals surface area contributed by atoms with Crippen molar-refractivity contribution in [2.75, 3.05) is 5.32 Å². The Balaban J connectivity index is 1.92. The molecule has 9 heteroatoms. The highest BCUT2D eigenvalue weighted by Crippen LogP contribution is 2.42. The first-order chi connectivity index (χ1) is 12.2. The van der Waals surface area contributed by atoms with Gasteiger partial charge >= 0.3 is 6.18 Å². The Bertz CT molecular complexity index is 934. The molecule has 0 radical (unpaired) electrons. The predicted molar refractivity (Wildman–Crippen MR) is 91.4 cm³/mol. The lowest BCUT2D eigenvalue weighted by Gasteiger charge is -2.34. The predicted octanol–water partition coefficient (Wildman–Crippen LogP) is 4.33. The molecule has 4 rings (SSSR count). The molecule has 0 fully saturated rings. The summed E-state index contributed by atoms with van der Waals surface area (Å²) >= 11 is 3.38. The van der Waals surface area contributed by atoms with Crippen LogP contribution in [-0.2, 0) is 11.0 Å². The Morgan fingerprint density at radius 3 is 2.77 bits per heavy atom. The van der Waals surface area contributed by atoms with Crippen molar-refractivity contribution >= 4 is 27.7 Å². The summed E-state index contributed by atoms with van der Waals surface area (Å²) in [5, 5.41) is 6.57. The van der Waals surface area contributed by atoms with Gasteiger partial charge in [0.05, 0.1) is 0 Å². The molecule has 0 amide bonds. The Kier molecular flexibility index (Phi) is 3.94. The molecule has 5 nitrogen and oxygen atoms in total. The van der Waals surface area contributed by atoms with Gasteiger partial charge in [0.1, 0.15) is 6.04 Å². The minimum absolute atomic E-state index is 0.00273. The van der Waals surface area contributed by atoms with Gasteiger partial charge in [0.2, 0.25) is 5.95 Å². The zero-order valence-corrected chi connectivity index (χ0v) is 15.2. The first kappa shape index (κ1) is 17.3. The number of hydrogen-bond donors (Lipinski definition) is 1. The second-order valence-corrected chi connectivity index (χ2v) is 7.53. The standard InChI is InChI=1S/C17H14BrF3N4O/c1-8-5-11-13(12(26)6-8)14(9-3-2-4-10(18)7-9)25-16(22-11)23-15(24-25)17(19,20)21/h2-4,7-8,14H,5-6H2,1H3,(H,22,23,24)/t8-,14-/m0/s1. The van der Waals surface area contributed by atoms with E-state index in [1.807, 2.05) is 13.0 Å². The summed E-state index contributed by atoms with van der Waals surface area (Å²) in [7, 11) is 0. The van der Waals surface area contributed by atoms with Crippen LogP contribution >= 0.6 is 15.9 Å². The van der Waals surface area contributed by atoms with Crippen molar-refractivity contribution in [2.45, 2.75) is 32.0 Å². The smallest absolute Gasteiger partial charge is 0.328 e. The molecule has 2 aliphatic rings. The second kappa shape index (κ2) is 5.94. The van der Waals surface area contributed by atoms with Crippen LogP contribution in [0.2, 0.25) is 0 Å². The fourth-order valence-corrected chi connectivity index (χ4v) is 3.93. The van der Waals surface area contributed by atoms with Crippen LogP contribution in [-0.4, -0.2) is 20.5 Å². The number of benzene rings is 1. The van der Waals surface area contributed by atoms with Crippen LogP contribution in [0.25, 0.3) is 0 Å². The first-order valence-corrected chi connectivity index (χ1v) is 8.86. The van der Waals surface area contributed by atoms with Gasteiger partial charge in [-0.05, 0) is 30.0 Å². The van der Waals surface area contributed by atoms with Crippen molar-refractivity contribution < 1.29 is 18.0 Å². The Morgan fingerprint density at radius 2 is 2.08 bits per heavy atom. The number of rotatable bonds is 1. The topological polar surface area (TPSA) is 59.8 Å². The monoisotopic (exact) mass is 426 g/mol. The molecule has 0 saturated heterocycles. The molecule has 1 N–H and O–H groups in total. The van der Waals surface area contributed by atoms with Gasteiger partial charge in [-0.1, -0.05) is 35.0 Å². The molecule has 136 valence electrons. The van der Waals surface area contributed by atoms with E-state index in [9.17, 15) is 18.0 Å². The molecule has 0 saturated carbocycles. The van der Waals surface area contributed by atoms with E-state index in [1.165, 1.54) is 0 Å². The second-order valence-electron chi connectivity index (χ2n) is 6.61. The highest BCUT2D eigenvalue weighted by Gasteiger charge is 2.42. The first-order valence-electron chi connectivity index (χ1n) is 8.06. The number of allylic oxidation sites excluding steroid dienone is 2. The van der Waals surface area contributed by atoms with Crippen molar-refractivity contribution in [2.24, 2.45) is 5.92 Å². The SMILES string of the molecule is C[C@@H]1CC(=O)C2=C(C1)Nc1nc(C(F)(F)F)nn1[C@H]2c1cccc(Br)c1. The van der Waals surface area contributed by atoms with Gasteiger partial charge < -0.3 is 5.32 Å². The molecule has 2 heterocycles. The number of fused-ring (bicyclic) bond motifs is 1. The maximum Gasteiger partial charge on any atom is 0.453 e. The number of nitrogens with one attached hydrogen (secondary N) is 1. The summed E-state index contributed by atoms with van der Waals surface area (Å²) in [6.45, 7) is 1.94. The average molecular weight is 427 g/mol. The summed E-state index contributed by atoms with van der Waals surface area (Å²) in [6, 6.07) is 6.41. The van der Waals surface area contributed by atoms with Crippen molar-refractivity contribution in [1.29, 1.82) is 0 Å². The number of ketones is 1. The summed E-state index contributed by atoms with van der Waals surface area (Å²) in [5.74, 6) is -1.18. The van der Waals surface area contributed by atoms with E-state index in [0.29, 0.717) is 29.7 Å². The van der Waals surface area contributed by atoms with Gasteiger partial charge in [-0.15, -0.1) is 5.10 Å². The molecule has 0 unspecified atom stereocenters. The van der Waals surface area contributed by atoms with Crippen LogP contribution in [0.15, 0.2) is 40.0 Å². The van der Waals surface area contributed by atoms with E-state index in [4.69, 9.17) is 0 Å². The van der Waals surface area contributed by atoms with Crippen LogP contribution in [0.3, 0.4) is 0 Å². The molecule has 1 aromatic heterocycles. The average Bonchev–Trinajstić information content (AvgIpc) is 2.96. The van der Waals surface area contributed by atoms with Gasteiger partial charge in [0.15, 0.2) is 5.78 Å². The highest BCUT2D eigenvalue weighted by molar-refractivity contribution is 9.10. The van der Waals surface area contributed by atoms with Gasteiger partial charge in [-0.25, -0.2) is 4.68 Å². The maximum atomic E-state index is 13.1. The number of nitrogens with zero attached hydrogens (tertiary/aromatic N) is 3. The number of anilines is 1. The van der Waals surface area contributed by atoms with E-state index in [1.54, 1.807) is 18.2 Å². The van der Waals surface area contributed by atoms with E-state index < -0.39 is 18.0 Å². The molecule has 1 aromatic carbocycles. The largest absolute Gasteiger partial charge is 0.453 e. The third-order valence-electron chi connectivity index (χ3n) is 4.54. The van der Waals surface area contributed by atoms with Crippen LogP contribution in [0.1, 0.15) is 37.2 Å². The van der Waals surface area contributed by atoms with Gasteiger partial charge in [-0.3, -0.25) is 4.79 Å². The lowest BCUT2D eigenvalue weighted by Crippen LogP contribution is -2.33. The molecule has 2 aromatic rings. The third kappa shape index (κ3) is 2.84. The molecule has 0 bridgehead atoms. The van der Waals surface area contributed by atoms with Crippen molar-refractivity contribution in [1.82, 2.24) is 14.8 Å². The molecule has 2 atom stereocenters. The van der Waals surface area contributed by atoms with Gasteiger partial charge in [0, 0.05) is 22.2 Å². The number of aromatic nitrogens is 3. The van der Waals surface area contributed by atoms with Gasteiger partial charge in [0.25, 0.3) is 5.82 Å². The summed E-state index contributed by atoms with van der Waals surface area (Å²) < 4.78 is 41.3. The zero-order chi connectivity index (χ0) is 18.6. The van der Waals surface area contributed by atoms with Crippen molar-refractivity contribution in [3.8, 4) is 0 Å². The minimum atomic E-state index is -4.66. The van der Waals surface area contributed by atoms with Crippen LogP contribution in [0.4, 0.5) is 19.1 Å². The Morgan fingerprint density at radius 1 is 1.31 bits per heavy atom. The molecular weight excluding hydrogens is 413 g/mol. The lowest BCUT2D eigenvalue weighted by atomic mass is 9.81. The van der Waals surface area contributed by atoms with E-state index in [-0.39, 0.29) is 17.6 Å². The zero-order valence-electron chi connectivity index (χ0n) is 13.6. The number of halogens is 4. The molecular formula is C17H14BrF3N4O. The normalized spacial score (nSPS) is 22.7. The Hall–Kier alpha value is -2.16. The fraction of sp³-hybridized carbons (Fsp3) is 0.353. The third-order valence-corrected chi connectivity index (χ3v) is 5.04. The molecule has 1 aliphatic carbocycles. The molecule has 0 spiro atoms. The van der Waals surface area contributed by atoms with Crippen LogP contribution < -0.4 is 5.32 Å². The summed E-state index contributed by atoms with van der Waals surface area (Å²) in [4.78, 5) is 16.3. The number of hydrogen-bond acceptors (Lipinski definition) is 4. The van der Waals surface area contributed by atoms with Crippen molar-refractivity contribution in [3.63, 3.8) is 0 Å². The number of carbonyl (C=O) groups excluding carboxylic acids is 1. The molecule has 26 heavy (non-hydrogen) atoms. The van der Waals surface area contributed by atoms with Gasteiger partial charge in [-0.2, -0.15) is 18.2 Å². The van der Waals surface area contributed by atoms with Crippen molar-refractivity contribution in [3.05, 3.63) is 51.4 Å². The number of Topliss-reactive ketones (excluding diaryl/α,β-unsaturated/α-hetero) is 1. The van der Waals surface area contributed by atoms with E-state index in [0.717, 1.165) is 9.15 Å². The fourth-order valence-electron chi connectivity index (χ4n) is 3.51. The summed E-state index contributed by atoms with van der Waals surface area (Å²) in [6.07, 6.45) is -3.72. The highest BCUT2D eigenvalue weighted by atomic mass is 79.9. The van der Waals surface area contributed by atoms with E-state index >= 15 is 0 Å².